The van der Waals surface area contributed by atoms with Crippen molar-refractivity contribution in [3.05, 3.63) is 33.3 Å². The van der Waals surface area contributed by atoms with Gasteiger partial charge in [0.25, 0.3) is 5.69 Å². The fourth-order valence-corrected chi connectivity index (χ4v) is 4.76. The summed E-state index contributed by atoms with van der Waals surface area (Å²) in [5, 5.41) is 19.6. The summed E-state index contributed by atoms with van der Waals surface area (Å²) in [5.74, 6) is 0. The van der Waals surface area contributed by atoms with Crippen molar-refractivity contribution < 1.29 is 9.66 Å². The molecule has 0 aliphatic heterocycles. The standard InChI is InChI=1S/C11H8N4O3S3/c1-18-5-9-13-14-11(20-9)21-10-12-7-3-2-6(15(16)17)4-8(7)19-10/h2-4H,5H2,1H3. The number of aromatic nitrogens is 3. The van der Waals surface area contributed by atoms with Crippen molar-refractivity contribution in [2.75, 3.05) is 7.11 Å². The average Bonchev–Trinajstić information content (AvgIpc) is 3.04. The zero-order valence-electron chi connectivity index (χ0n) is 10.7. The molecule has 0 aliphatic rings. The number of thiazole rings is 1. The van der Waals surface area contributed by atoms with Crippen LogP contribution < -0.4 is 0 Å². The first kappa shape index (κ1) is 14.3. The van der Waals surface area contributed by atoms with E-state index in [4.69, 9.17) is 4.74 Å². The Labute approximate surface area is 131 Å². The quantitative estimate of drug-likeness (QED) is 0.519. The Morgan fingerprint density at radius 2 is 2.19 bits per heavy atom. The van der Waals surface area contributed by atoms with Crippen LogP contribution in [-0.2, 0) is 11.3 Å². The Kier molecular flexibility index (Phi) is 4.10. The van der Waals surface area contributed by atoms with Crippen LogP contribution in [0.15, 0.2) is 26.9 Å². The summed E-state index contributed by atoms with van der Waals surface area (Å²) < 4.78 is 7.34. The van der Waals surface area contributed by atoms with Crippen LogP contribution in [0.3, 0.4) is 0 Å². The fraction of sp³-hybridized carbons (Fsp3) is 0.182. The van der Waals surface area contributed by atoms with E-state index in [2.05, 4.69) is 15.2 Å². The molecule has 2 aromatic heterocycles. The number of non-ortho nitro benzene ring substituents is 1. The van der Waals surface area contributed by atoms with Crippen molar-refractivity contribution in [3.8, 4) is 0 Å². The first-order valence-electron chi connectivity index (χ1n) is 5.70. The molecule has 0 fully saturated rings. The highest BCUT2D eigenvalue weighted by atomic mass is 32.2. The van der Waals surface area contributed by atoms with Gasteiger partial charge >= 0.3 is 0 Å². The molecule has 3 rings (SSSR count). The van der Waals surface area contributed by atoms with Crippen LogP contribution in [0.25, 0.3) is 10.2 Å². The molecule has 0 atom stereocenters. The lowest BCUT2D eigenvalue weighted by Gasteiger charge is -1.88. The van der Waals surface area contributed by atoms with Crippen molar-refractivity contribution >= 4 is 50.3 Å². The number of nitrogens with zero attached hydrogens (tertiary/aromatic N) is 4. The first-order valence-corrected chi connectivity index (χ1v) is 8.15. The Balaban J connectivity index is 1.84. The molecule has 1 aromatic carbocycles. The van der Waals surface area contributed by atoms with Gasteiger partial charge in [-0.05, 0) is 17.8 Å². The molecule has 0 spiro atoms. The monoisotopic (exact) mass is 340 g/mol. The lowest BCUT2D eigenvalue weighted by Crippen LogP contribution is -1.85. The van der Waals surface area contributed by atoms with Gasteiger partial charge < -0.3 is 4.74 Å². The van der Waals surface area contributed by atoms with Crippen LogP contribution >= 0.6 is 34.4 Å². The van der Waals surface area contributed by atoms with Crippen LogP contribution in [0.5, 0.6) is 0 Å². The Morgan fingerprint density at radius 1 is 1.33 bits per heavy atom. The summed E-state index contributed by atoms with van der Waals surface area (Å²) in [6.45, 7) is 0.435. The van der Waals surface area contributed by atoms with Crippen LogP contribution in [0.2, 0.25) is 0 Å². The Bertz CT molecular complexity index is 801. The third-order valence-corrected chi connectivity index (χ3v) is 5.48. The largest absolute Gasteiger partial charge is 0.377 e. The highest BCUT2D eigenvalue weighted by molar-refractivity contribution is 8.02. The SMILES string of the molecule is COCc1nnc(Sc2nc3ccc([N+](=O)[O-])cc3s2)s1. The molecule has 0 amide bonds. The highest BCUT2D eigenvalue weighted by Crippen LogP contribution is 2.36. The van der Waals surface area contributed by atoms with Gasteiger partial charge in [0.15, 0.2) is 8.68 Å². The summed E-state index contributed by atoms with van der Waals surface area (Å²) in [6.07, 6.45) is 0. The van der Waals surface area contributed by atoms with Crippen LogP contribution in [-0.4, -0.2) is 27.2 Å². The summed E-state index contributed by atoms with van der Waals surface area (Å²) in [5.41, 5.74) is 0.815. The van der Waals surface area contributed by atoms with Gasteiger partial charge in [0.05, 0.1) is 21.7 Å². The highest BCUT2D eigenvalue weighted by Gasteiger charge is 2.13. The summed E-state index contributed by atoms with van der Waals surface area (Å²) in [7, 11) is 1.61. The molecular weight excluding hydrogens is 332 g/mol. The van der Waals surface area contributed by atoms with E-state index in [0.717, 1.165) is 23.9 Å². The Morgan fingerprint density at radius 3 is 2.95 bits per heavy atom. The average molecular weight is 340 g/mol. The zero-order chi connectivity index (χ0) is 14.8. The first-order chi connectivity index (χ1) is 10.2. The molecule has 108 valence electrons. The Hall–Kier alpha value is -1.62. The van der Waals surface area contributed by atoms with Gasteiger partial charge in [-0.25, -0.2) is 4.98 Å². The topological polar surface area (TPSA) is 91.0 Å². The van der Waals surface area contributed by atoms with E-state index < -0.39 is 4.92 Å². The molecular formula is C11H8N4O3S3. The minimum absolute atomic E-state index is 0.0704. The van der Waals surface area contributed by atoms with Gasteiger partial charge in [0.1, 0.15) is 5.01 Å². The minimum Gasteiger partial charge on any atom is -0.377 e. The van der Waals surface area contributed by atoms with E-state index >= 15 is 0 Å². The normalized spacial score (nSPS) is 11.1. The van der Waals surface area contributed by atoms with E-state index in [9.17, 15) is 10.1 Å². The van der Waals surface area contributed by atoms with Crippen LogP contribution in [0.1, 0.15) is 5.01 Å². The number of ether oxygens (including phenoxy) is 1. The molecule has 7 nitrogen and oxygen atoms in total. The number of hydrogen-bond acceptors (Lipinski definition) is 9. The zero-order valence-corrected chi connectivity index (χ0v) is 13.1. The number of benzene rings is 1. The van der Waals surface area contributed by atoms with Crippen LogP contribution in [0.4, 0.5) is 5.69 Å². The lowest BCUT2D eigenvalue weighted by molar-refractivity contribution is -0.384. The van der Waals surface area contributed by atoms with Gasteiger partial charge in [0, 0.05) is 19.2 Å². The van der Waals surface area contributed by atoms with E-state index in [1.54, 1.807) is 13.2 Å². The van der Waals surface area contributed by atoms with Crippen molar-refractivity contribution in [3.63, 3.8) is 0 Å². The minimum atomic E-state index is -0.409. The summed E-state index contributed by atoms with van der Waals surface area (Å²) >= 11 is 4.25. The lowest BCUT2D eigenvalue weighted by atomic mass is 10.3. The van der Waals surface area contributed by atoms with Crippen molar-refractivity contribution in [1.82, 2.24) is 15.2 Å². The maximum Gasteiger partial charge on any atom is 0.270 e. The summed E-state index contributed by atoms with van der Waals surface area (Å²) in [6, 6.07) is 4.65. The van der Waals surface area contributed by atoms with Gasteiger partial charge in [-0.1, -0.05) is 11.3 Å². The molecule has 0 bridgehead atoms. The fourth-order valence-electron chi connectivity index (χ4n) is 1.59. The molecule has 0 aliphatic carbocycles. The van der Waals surface area contributed by atoms with E-state index in [1.165, 1.54) is 46.6 Å². The predicted octanol–water partition coefficient (Wildman–Crippen LogP) is 3.35. The van der Waals surface area contributed by atoms with Gasteiger partial charge in [-0.15, -0.1) is 21.5 Å². The molecule has 3 aromatic rings. The number of hydrogen-bond donors (Lipinski definition) is 0. The molecule has 10 heteroatoms. The number of nitro benzene ring substituents is 1. The smallest absolute Gasteiger partial charge is 0.270 e. The number of nitro groups is 1. The van der Waals surface area contributed by atoms with E-state index in [1.807, 2.05) is 0 Å². The third-order valence-electron chi connectivity index (χ3n) is 2.45. The maximum atomic E-state index is 10.8. The number of fused-ring (bicyclic) bond motifs is 1. The van der Waals surface area contributed by atoms with Gasteiger partial charge in [-0.2, -0.15) is 0 Å². The molecule has 0 saturated carbocycles. The van der Waals surface area contributed by atoms with Crippen molar-refractivity contribution in [1.29, 1.82) is 0 Å². The molecule has 0 N–H and O–H groups in total. The second-order valence-corrected chi connectivity index (χ2v) is 7.47. The second-order valence-electron chi connectivity index (χ2n) is 3.89. The molecule has 21 heavy (non-hydrogen) atoms. The van der Waals surface area contributed by atoms with E-state index in [-0.39, 0.29) is 5.69 Å². The van der Waals surface area contributed by atoms with Gasteiger partial charge in [-0.3, -0.25) is 10.1 Å². The van der Waals surface area contributed by atoms with E-state index in [0.29, 0.717) is 6.61 Å². The number of methoxy groups -OCH3 is 1. The van der Waals surface area contributed by atoms with Gasteiger partial charge in [0.2, 0.25) is 0 Å². The third kappa shape index (κ3) is 3.18. The molecule has 2 heterocycles. The molecule has 0 saturated heterocycles. The molecule has 0 unspecified atom stereocenters. The number of rotatable bonds is 5. The maximum absolute atomic E-state index is 10.8. The van der Waals surface area contributed by atoms with Crippen LogP contribution in [0, 0.1) is 10.1 Å². The molecule has 0 radical (unpaired) electrons. The van der Waals surface area contributed by atoms with Crippen molar-refractivity contribution in [2.24, 2.45) is 0 Å². The second kappa shape index (κ2) is 6.02. The summed E-state index contributed by atoms with van der Waals surface area (Å²) in [4.78, 5) is 14.8. The predicted molar refractivity (Wildman–Crippen MR) is 81.0 cm³/mol. The van der Waals surface area contributed by atoms with Crippen molar-refractivity contribution in [2.45, 2.75) is 15.3 Å².